The molecule has 6 nitrogen and oxygen atoms in total. The Morgan fingerprint density at radius 3 is 2.45 bits per heavy atom. The number of carbonyl (C=O) groups is 1. The fraction of sp³-hybridized carbons (Fsp3) is 0.143. The van der Waals surface area contributed by atoms with Gasteiger partial charge in [-0.15, -0.1) is 5.11 Å². The third-order valence-electron chi connectivity index (χ3n) is 2.62. The van der Waals surface area contributed by atoms with Crippen LogP contribution in [-0.2, 0) is 0 Å². The molecule has 0 saturated heterocycles. The SMILES string of the molecule is CC(=O)c1c(O)c(N=Nc2ccccc2)c(C)oc1=O. The molecule has 0 fully saturated rings. The van der Waals surface area contributed by atoms with Crippen molar-refractivity contribution in [3.8, 4) is 5.75 Å². The first kappa shape index (κ1) is 13.7. The molecule has 1 aromatic heterocycles. The lowest BCUT2D eigenvalue weighted by atomic mass is 10.1. The molecular weight excluding hydrogens is 260 g/mol. The number of aryl methyl sites for hydroxylation is 1. The lowest BCUT2D eigenvalue weighted by Gasteiger charge is -2.04. The summed E-state index contributed by atoms with van der Waals surface area (Å²) in [7, 11) is 0. The van der Waals surface area contributed by atoms with Gasteiger partial charge in [0.15, 0.2) is 17.2 Å². The molecule has 6 heteroatoms. The summed E-state index contributed by atoms with van der Waals surface area (Å²) in [6, 6.07) is 8.85. The normalized spacial score (nSPS) is 10.9. The van der Waals surface area contributed by atoms with Gasteiger partial charge in [-0.05, 0) is 26.0 Å². The topological polar surface area (TPSA) is 92.2 Å². The molecule has 1 aromatic carbocycles. The highest BCUT2D eigenvalue weighted by molar-refractivity contribution is 5.97. The molecule has 0 aliphatic rings. The molecule has 0 radical (unpaired) electrons. The molecule has 2 rings (SSSR count). The average molecular weight is 272 g/mol. The maximum atomic E-state index is 11.5. The van der Waals surface area contributed by atoms with E-state index in [1.54, 1.807) is 24.3 Å². The lowest BCUT2D eigenvalue weighted by molar-refractivity contribution is 0.101. The van der Waals surface area contributed by atoms with Gasteiger partial charge in [0.1, 0.15) is 11.3 Å². The highest BCUT2D eigenvalue weighted by Gasteiger charge is 2.20. The van der Waals surface area contributed by atoms with Crippen molar-refractivity contribution < 1.29 is 14.3 Å². The zero-order chi connectivity index (χ0) is 14.7. The summed E-state index contributed by atoms with van der Waals surface area (Å²) < 4.78 is 4.88. The Morgan fingerprint density at radius 2 is 1.85 bits per heavy atom. The number of aromatic hydroxyl groups is 1. The predicted octanol–water partition coefficient (Wildman–Crippen LogP) is 3.27. The van der Waals surface area contributed by atoms with Gasteiger partial charge in [-0.2, -0.15) is 5.11 Å². The molecule has 0 spiro atoms. The van der Waals surface area contributed by atoms with Crippen molar-refractivity contribution in [1.29, 1.82) is 0 Å². The van der Waals surface area contributed by atoms with Crippen molar-refractivity contribution in [2.24, 2.45) is 10.2 Å². The van der Waals surface area contributed by atoms with Crippen LogP contribution in [0.4, 0.5) is 11.4 Å². The molecule has 0 saturated carbocycles. The van der Waals surface area contributed by atoms with Gasteiger partial charge in [0, 0.05) is 0 Å². The van der Waals surface area contributed by atoms with Crippen molar-refractivity contribution in [3.05, 3.63) is 52.1 Å². The van der Waals surface area contributed by atoms with E-state index >= 15 is 0 Å². The van der Waals surface area contributed by atoms with Crippen LogP contribution in [0, 0.1) is 6.92 Å². The Labute approximate surface area is 114 Å². The van der Waals surface area contributed by atoms with E-state index in [2.05, 4.69) is 10.2 Å². The van der Waals surface area contributed by atoms with Crippen LogP contribution in [0.2, 0.25) is 0 Å². The third-order valence-corrected chi connectivity index (χ3v) is 2.62. The molecule has 0 aliphatic carbocycles. The van der Waals surface area contributed by atoms with Crippen LogP contribution >= 0.6 is 0 Å². The molecule has 0 atom stereocenters. The summed E-state index contributed by atoms with van der Waals surface area (Å²) >= 11 is 0. The standard InChI is InChI=1S/C14H12N2O4/c1-8(17)11-13(18)12(9(2)20-14(11)19)16-15-10-6-4-3-5-7-10/h3-7,18H,1-2H3. The summed E-state index contributed by atoms with van der Waals surface area (Å²) in [4.78, 5) is 22.8. The van der Waals surface area contributed by atoms with Crippen molar-refractivity contribution in [2.75, 3.05) is 0 Å². The summed E-state index contributed by atoms with van der Waals surface area (Å²) in [5.41, 5.74) is -0.760. The van der Waals surface area contributed by atoms with Gasteiger partial charge < -0.3 is 9.52 Å². The number of ketones is 1. The van der Waals surface area contributed by atoms with E-state index in [4.69, 9.17) is 4.42 Å². The molecule has 0 aliphatic heterocycles. The van der Waals surface area contributed by atoms with Crippen LogP contribution in [0.3, 0.4) is 0 Å². The minimum Gasteiger partial charge on any atom is -0.505 e. The largest absolute Gasteiger partial charge is 0.505 e. The molecule has 1 heterocycles. The van der Waals surface area contributed by atoms with Crippen LogP contribution in [0.15, 0.2) is 49.8 Å². The van der Waals surface area contributed by atoms with E-state index in [-0.39, 0.29) is 11.4 Å². The molecule has 1 N–H and O–H groups in total. The van der Waals surface area contributed by atoms with Gasteiger partial charge >= 0.3 is 5.63 Å². The first-order valence-electron chi connectivity index (χ1n) is 5.85. The van der Waals surface area contributed by atoms with Gasteiger partial charge in [-0.1, -0.05) is 18.2 Å². The number of carbonyl (C=O) groups excluding carboxylic acids is 1. The van der Waals surface area contributed by atoms with E-state index in [1.807, 2.05) is 6.07 Å². The number of hydrogen-bond donors (Lipinski definition) is 1. The van der Waals surface area contributed by atoms with Crippen molar-refractivity contribution >= 4 is 17.2 Å². The van der Waals surface area contributed by atoms with E-state index in [9.17, 15) is 14.7 Å². The first-order chi connectivity index (χ1) is 9.50. The number of rotatable bonds is 3. The van der Waals surface area contributed by atoms with Crippen LogP contribution in [0.1, 0.15) is 23.0 Å². The minimum absolute atomic E-state index is 0.0290. The quantitative estimate of drug-likeness (QED) is 0.685. The molecule has 0 unspecified atom stereocenters. The lowest BCUT2D eigenvalue weighted by Crippen LogP contribution is -2.12. The van der Waals surface area contributed by atoms with Gasteiger partial charge in [-0.25, -0.2) is 4.79 Å². The Morgan fingerprint density at radius 1 is 1.20 bits per heavy atom. The Bertz CT molecular complexity index is 733. The summed E-state index contributed by atoms with van der Waals surface area (Å²) in [6.45, 7) is 2.63. The predicted molar refractivity (Wildman–Crippen MR) is 72.0 cm³/mol. The number of nitrogens with zero attached hydrogens (tertiary/aromatic N) is 2. The Kier molecular flexibility index (Phi) is 3.74. The molecule has 20 heavy (non-hydrogen) atoms. The fourth-order valence-corrected chi connectivity index (χ4v) is 1.65. The molecular formula is C14H12N2O4. The summed E-state index contributed by atoms with van der Waals surface area (Å²) in [6.07, 6.45) is 0. The maximum Gasteiger partial charge on any atom is 0.350 e. The smallest absolute Gasteiger partial charge is 0.350 e. The molecule has 0 amide bonds. The van der Waals surface area contributed by atoms with Crippen LogP contribution in [0.5, 0.6) is 5.75 Å². The number of Topliss-reactive ketones (excluding diaryl/α,β-unsaturated/α-hetero) is 1. The van der Waals surface area contributed by atoms with Gasteiger partial charge in [0.05, 0.1) is 5.69 Å². The minimum atomic E-state index is -0.883. The summed E-state index contributed by atoms with van der Waals surface area (Å²) in [5, 5.41) is 17.7. The van der Waals surface area contributed by atoms with E-state index < -0.39 is 22.7 Å². The van der Waals surface area contributed by atoms with E-state index in [0.717, 1.165) is 0 Å². The van der Waals surface area contributed by atoms with Crippen molar-refractivity contribution in [1.82, 2.24) is 0 Å². The first-order valence-corrected chi connectivity index (χ1v) is 5.85. The van der Waals surface area contributed by atoms with E-state index in [1.165, 1.54) is 13.8 Å². The summed E-state index contributed by atoms with van der Waals surface area (Å²) in [5.74, 6) is -1.00. The Hall–Kier alpha value is -2.76. The second-order valence-electron chi connectivity index (χ2n) is 4.11. The third kappa shape index (κ3) is 2.64. The van der Waals surface area contributed by atoms with Crippen LogP contribution in [-0.4, -0.2) is 10.9 Å². The monoisotopic (exact) mass is 272 g/mol. The number of hydrogen-bond acceptors (Lipinski definition) is 6. The average Bonchev–Trinajstić information content (AvgIpc) is 2.38. The second kappa shape index (κ2) is 5.48. The van der Waals surface area contributed by atoms with Crippen molar-refractivity contribution in [3.63, 3.8) is 0 Å². The van der Waals surface area contributed by atoms with Crippen molar-refractivity contribution in [2.45, 2.75) is 13.8 Å². The van der Waals surface area contributed by atoms with Gasteiger partial charge in [0.25, 0.3) is 0 Å². The highest BCUT2D eigenvalue weighted by Crippen LogP contribution is 2.33. The molecule has 102 valence electrons. The van der Waals surface area contributed by atoms with E-state index in [0.29, 0.717) is 5.69 Å². The molecule has 0 bridgehead atoms. The van der Waals surface area contributed by atoms with Gasteiger partial charge in [0.2, 0.25) is 0 Å². The zero-order valence-electron chi connectivity index (χ0n) is 11.0. The molecule has 2 aromatic rings. The zero-order valence-corrected chi connectivity index (χ0v) is 11.0. The number of azo groups is 1. The van der Waals surface area contributed by atoms with Crippen LogP contribution < -0.4 is 5.63 Å². The Balaban J connectivity index is 2.53. The number of benzene rings is 1. The van der Waals surface area contributed by atoms with Gasteiger partial charge in [-0.3, -0.25) is 4.79 Å². The maximum absolute atomic E-state index is 11.5. The fourth-order valence-electron chi connectivity index (χ4n) is 1.65. The highest BCUT2D eigenvalue weighted by atomic mass is 16.4. The second-order valence-corrected chi connectivity index (χ2v) is 4.11. The van der Waals surface area contributed by atoms with Crippen LogP contribution in [0.25, 0.3) is 0 Å².